The van der Waals surface area contributed by atoms with E-state index < -0.39 is 0 Å². The van der Waals surface area contributed by atoms with Crippen LogP contribution in [0.3, 0.4) is 0 Å². The summed E-state index contributed by atoms with van der Waals surface area (Å²) in [5, 5.41) is 2.83. The molecule has 0 unspecified atom stereocenters. The number of amides is 1. The average molecular weight is 280 g/mol. The highest BCUT2D eigenvalue weighted by Gasteiger charge is 2.11. The molecule has 0 atom stereocenters. The van der Waals surface area contributed by atoms with Crippen LogP contribution in [0.15, 0.2) is 36.8 Å². The first-order valence-electron chi connectivity index (χ1n) is 6.54. The largest absolute Gasteiger partial charge is 0.347 e. The molecule has 0 aliphatic rings. The van der Waals surface area contributed by atoms with Crippen molar-refractivity contribution in [1.29, 1.82) is 0 Å². The predicted octanol–water partition coefficient (Wildman–Crippen LogP) is 1.03. The summed E-state index contributed by atoms with van der Waals surface area (Å²) in [6.45, 7) is 2.62. The van der Waals surface area contributed by atoms with E-state index in [1.807, 2.05) is 13.0 Å². The molecule has 0 aromatic carbocycles. The lowest BCUT2D eigenvalue weighted by atomic mass is 10.1. The molecule has 0 radical (unpaired) electrons. The number of nitrogens with one attached hydrogen (secondary N) is 1. The monoisotopic (exact) mass is 280 g/mol. The molecule has 106 valence electrons. The third-order valence-electron chi connectivity index (χ3n) is 2.93. The summed E-state index contributed by atoms with van der Waals surface area (Å²) in [4.78, 5) is 20.4. The molecule has 2 aromatic heterocycles. The Morgan fingerprint density at radius 1 is 1.38 bits per heavy atom. The third kappa shape index (κ3) is 3.88. The van der Waals surface area contributed by atoms with E-state index >= 15 is 0 Å². The van der Waals surface area contributed by atoms with E-state index in [1.165, 1.54) is 0 Å². The van der Waals surface area contributed by atoms with Gasteiger partial charge in [-0.2, -0.15) is 0 Å². The van der Waals surface area contributed by atoms with Crippen LogP contribution in [0.5, 0.6) is 0 Å². The van der Waals surface area contributed by atoms with Gasteiger partial charge in [0.2, 0.25) is 0 Å². The van der Waals surface area contributed by atoms with Gasteiger partial charge < -0.3 is 11.1 Å². The molecule has 21 heavy (non-hydrogen) atoms. The highest BCUT2D eigenvalue weighted by atomic mass is 16.1. The molecular formula is C16H16N4O. The molecular weight excluding hydrogens is 264 g/mol. The number of hydrogen-bond acceptors (Lipinski definition) is 4. The Balaban J connectivity index is 2.12. The quantitative estimate of drug-likeness (QED) is 0.823. The van der Waals surface area contributed by atoms with Crippen molar-refractivity contribution in [1.82, 2.24) is 15.3 Å². The molecule has 5 nitrogen and oxygen atoms in total. The van der Waals surface area contributed by atoms with E-state index in [0.717, 1.165) is 11.1 Å². The van der Waals surface area contributed by atoms with E-state index in [9.17, 15) is 4.79 Å². The summed E-state index contributed by atoms with van der Waals surface area (Å²) in [5.41, 5.74) is 8.28. The van der Waals surface area contributed by atoms with E-state index in [4.69, 9.17) is 5.73 Å². The SMILES string of the molecule is Cc1ccncc1CNC(=O)c1ncccc1C#CCN. The second-order valence-corrected chi connectivity index (χ2v) is 4.39. The first kappa shape index (κ1) is 14.7. The number of carbonyl (C=O) groups excluding carboxylic acids is 1. The zero-order valence-corrected chi connectivity index (χ0v) is 11.8. The lowest BCUT2D eigenvalue weighted by Crippen LogP contribution is -2.25. The zero-order valence-electron chi connectivity index (χ0n) is 11.8. The molecule has 0 aliphatic heterocycles. The van der Waals surface area contributed by atoms with Gasteiger partial charge in [0.1, 0.15) is 5.69 Å². The van der Waals surface area contributed by atoms with Crippen LogP contribution >= 0.6 is 0 Å². The van der Waals surface area contributed by atoms with Gasteiger partial charge in [0.15, 0.2) is 0 Å². The van der Waals surface area contributed by atoms with Gasteiger partial charge in [-0.05, 0) is 36.2 Å². The van der Waals surface area contributed by atoms with Crippen molar-refractivity contribution in [3.05, 3.63) is 59.2 Å². The number of pyridine rings is 2. The van der Waals surface area contributed by atoms with Crippen LogP contribution in [0, 0.1) is 18.8 Å². The number of carbonyl (C=O) groups is 1. The Morgan fingerprint density at radius 2 is 2.24 bits per heavy atom. The van der Waals surface area contributed by atoms with Gasteiger partial charge in [-0.3, -0.25) is 9.78 Å². The summed E-state index contributed by atoms with van der Waals surface area (Å²) in [5.74, 6) is 5.32. The minimum absolute atomic E-state index is 0.241. The molecule has 0 saturated carbocycles. The summed E-state index contributed by atoms with van der Waals surface area (Å²) < 4.78 is 0. The smallest absolute Gasteiger partial charge is 0.271 e. The van der Waals surface area contributed by atoms with Crippen molar-refractivity contribution in [2.75, 3.05) is 6.54 Å². The molecule has 0 fully saturated rings. The molecule has 3 N–H and O–H groups in total. The predicted molar refractivity (Wildman–Crippen MR) is 80.3 cm³/mol. The maximum absolute atomic E-state index is 12.2. The number of aromatic nitrogens is 2. The molecule has 2 aromatic rings. The van der Waals surface area contributed by atoms with Crippen molar-refractivity contribution >= 4 is 5.91 Å². The lowest BCUT2D eigenvalue weighted by molar-refractivity contribution is 0.0945. The van der Waals surface area contributed by atoms with Crippen LogP contribution in [-0.2, 0) is 6.54 Å². The van der Waals surface area contributed by atoms with Gasteiger partial charge >= 0.3 is 0 Å². The Labute approximate surface area is 123 Å². The van der Waals surface area contributed by atoms with Crippen molar-refractivity contribution in [2.24, 2.45) is 5.73 Å². The van der Waals surface area contributed by atoms with E-state index in [1.54, 1.807) is 30.7 Å². The van der Waals surface area contributed by atoms with Crippen molar-refractivity contribution in [3.63, 3.8) is 0 Å². The first-order valence-corrected chi connectivity index (χ1v) is 6.54. The van der Waals surface area contributed by atoms with Crippen LogP contribution in [-0.4, -0.2) is 22.4 Å². The summed E-state index contributed by atoms with van der Waals surface area (Å²) >= 11 is 0. The first-order chi connectivity index (χ1) is 10.2. The molecule has 0 aliphatic carbocycles. The van der Waals surface area contributed by atoms with Gasteiger partial charge in [-0.15, -0.1) is 0 Å². The highest BCUT2D eigenvalue weighted by molar-refractivity contribution is 5.94. The van der Waals surface area contributed by atoms with Crippen LogP contribution in [0.2, 0.25) is 0 Å². The van der Waals surface area contributed by atoms with Gasteiger partial charge in [0, 0.05) is 25.1 Å². The second-order valence-electron chi connectivity index (χ2n) is 4.39. The van der Waals surface area contributed by atoms with Crippen LogP contribution in [0.25, 0.3) is 0 Å². The highest BCUT2D eigenvalue weighted by Crippen LogP contribution is 2.07. The Bertz CT molecular complexity index is 701. The average Bonchev–Trinajstić information content (AvgIpc) is 2.52. The number of nitrogens with zero attached hydrogens (tertiary/aromatic N) is 2. The minimum atomic E-state index is -0.264. The number of hydrogen-bond donors (Lipinski definition) is 2. The zero-order chi connectivity index (χ0) is 15.1. The molecule has 0 saturated heterocycles. The number of rotatable bonds is 3. The molecule has 2 heterocycles. The molecule has 0 spiro atoms. The second kappa shape index (κ2) is 7.17. The molecule has 1 amide bonds. The fourth-order valence-corrected chi connectivity index (χ4v) is 1.77. The third-order valence-corrected chi connectivity index (χ3v) is 2.93. The van der Waals surface area contributed by atoms with Gasteiger partial charge in [-0.25, -0.2) is 4.98 Å². The van der Waals surface area contributed by atoms with Crippen molar-refractivity contribution in [3.8, 4) is 11.8 Å². The summed E-state index contributed by atoms with van der Waals surface area (Å²) in [7, 11) is 0. The van der Waals surface area contributed by atoms with Gasteiger partial charge in [0.25, 0.3) is 5.91 Å². The molecule has 0 bridgehead atoms. The van der Waals surface area contributed by atoms with Gasteiger partial charge in [-0.1, -0.05) is 11.8 Å². The van der Waals surface area contributed by atoms with Crippen LogP contribution in [0.4, 0.5) is 0 Å². The van der Waals surface area contributed by atoms with Crippen molar-refractivity contribution in [2.45, 2.75) is 13.5 Å². The molecule has 5 heteroatoms. The summed E-state index contributed by atoms with van der Waals surface area (Å²) in [6, 6.07) is 5.39. The van der Waals surface area contributed by atoms with E-state index in [0.29, 0.717) is 17.8 Å². The van der Waals surface area contributed by atoms with E-state index in [-0.39, 0.29) is 12.5 Å². The minimum Gasteiger partial charge on any atom is -0.347 e. The summed E-state index contributed by atoms with van der Waals surface area (Å²) in [6.07, 6.45) is 5.03. The Morgan fingerprint density at radius 3 is 3.00 bits per heavy atom. The maximum atomic E-state index is 12.2. The van der Waals surface area contributed by atoms with Crippen molar-refractivity contribution < 1.29 is 4.79 Å². The molecule has 2 rings (SSSR count). The topological polar surface area (TPSA) is 80.9 Å². The fourth-order valence-electron chi connectivity index (χ4n) is 1.77. The Hall–Kier alpha value is -2.71. The lowest BCUT2D eigenvalue weighted by Gasteiger charge is -2.08. The standard InChI is InChI=1S/C16H16N4O/c1-12-6-9-18-10-14(12)11-20-16(21)15-13(4-2-7-17)5-3-8-19-15/h3,5-6,8-10H,7,11,17H2,1H3,(H,20,21). The fraction of sp³-hybridized carbons (Fsp3) is 0.188. The Kier molecular flexibility index (Phi) is 5.02. The van der Waals surface area contributed by atoms with Gasteiger partial charge in [0.05, 0.1) is 12.1 Å². The maximum Gasteiger partial charge on any atom is 0.271 e. The van der Waals surface area contributed by atoms with Crippen LogP contribution < -0.4 is 11.1 Å². The van der Waals surface area contributed by atoms with E-state index in [2.05, 4.69) is 27.1 Å². The normalized spacial score (nSPS) is 9.62. The van der Waals surface area contributed by atoms with Crippen LogP contribution in [0.1, 0.15) is 27.2 Å². The number of aryl methyl sites for hydroxylation is 1. The number of nitrogens with two attached hydrogens (primary N) is 1.